The van der Waals surface area contributed by atoms with Gasteiger partial charge in [0.05, 0.1) is 0 Å². The molecule has 2 saturated heterocycles. The van der Waals surface area contributed by atoms with Gasteiger partial charge in [-0.25, -0.2) is 0 Å². The molecule has 0 aromatic rings. The van der Waals surface area contributed by atoms with Crippen molar-refractivity contribution in [1.29, 1.82) is 0 Å². The highest BCUT2D eigenvalue weighted by molar-refractivity contribution is 5.85. The van der Waals surface area contributed by atoms with E-state index in [0.717, 1.165) is 52.0 Å². The summed E-state index contributed by atoms with van der Waals surface area (Å²) in [5, 5.41) is 3.18. The van der Waals surface area contributed by atoms with Crippen LogP contribution in [0.2, 0.25) is 0 Å². The van der Waals surface area contributed by atoms with E-state index in [1.54, 1.807) is 0 Å². The lowest BCUT2D eigenvalue weighted by Gasteiger charge is -2.25. The van der Waals surface area contributed by atoms with Gasteiger partial charge in [-0.15, -0.1) is 12.4 Å². The van der Waals surface area contributed by atoms with E-state index < -0.39 is 0 Å². The van der Waals surface area contributed by atoms with Gasteiger partial charge in [0.2, 0.25) is 5.91 Å². The van der Waals surface area contributed by atoms with Crippen molar-refractivity contribution in [1.82, 2.24) is 10.2 Å². The van der Waals surface area contributed by atoms with Crippen molar-refractivity contribution in [3.63, 3.8) is 0 Å². The number of nitrogens with zero attached hydrogens (tertiary/aromatic N) is 1. The summed E-state index contributed by atoms with van der Waals surface area (Å²) in [5.74, 6) is 0.957. The van der Waals surface area contributed by atoms with E-state index in [9.17, 15) is 4.79 Å². The molecular weight excluding hydrogens is 252 g/mol. The zero-order chi connectivity index (χ0) is 12.1. The van der Waals surface area contributed by atoms with Gasteiger partial charge >= 0.3 is 0 Å². The highest BCUT2D eigenvalue weighted by atomic mass is 35.5. The fraction of sp³-hybridized carbons (Fsp3) is 0.923. The fourth-order valence-electron chi connectivity index (χ4n) is 2.89. The lowest BCUT2D eigenvalue weighted by Crippen LogP contribution is -2.40. The first-order valence-electron chi connectivity index (χ1n) is 6.83. The third-order valence-electron chi connectivity index (χ3n) is 3.93. The van der Waals surface area contributed by atoms with E-state index in [-0.39, 0.29) is 12.4 Å². The summed E-state index contributed by atoms with van der Waals surface area (Å²) in [6.07, 6.45) is 5.15. The maximum Gasteiger partial charge on any atom is 0.222 e. The van der Waals surface area contributed by atoms with Gasteiger partial charge in [0.15, 0.2) is 0 Å². The van der Waals surface area contributed by atoms with Crippen LogP contribution in [0, 0.1) is 5.92 Å². The quantitative estimate of drug-likeness (QED) is 0.826. The predicted octanol–water partition coefficient (Wildman–Crippen LogP) is 1.44. The summed E-state index contributed by atoms with van der Waals surface area (Å²) in [6, 6.07) is 0.423. The van der Waals surface area contributed by atoms with Crippen molar-refractivity contribution < 1.29 is 9.53 Å². The van der Waals surface area contributed by atoms with Crippen molar-refractivity contribution in [3.05, 3.63) is 0 Å². The first-order chi connectivity index (χ1) is 8.31. The normalized spacial score (nSPS) is 27.3. The Morgan fingerprint density at radius 2 is 2.28 bits per heavy atom. The Balaban J connectivity index is 0.00000162. The second-order valence-corrected chi connectivity index (χ2v) is 5.21. The summed E-state index contributed by atoms with van der Waals surface area (Å²) < 4.78 is 5.34. The minimum Gasteiger partial charge on any atom is -0.381 e. The molecule has 2 atom stereocenters. The number of ether oxygens (including phenoxy) is 1. The second kappa shape index (κ2) is 7.97. The highest BCUT2D eigenvalue weighted by Gasteiger charge is 2.28. The molecule has 0 radical (unpaired) electrons. The monoisotopic (exact) mass is 276 g/mol. The maximum atomic E-state index is 12.1. The van der Waals surface area contributed by atoms with Gasteiger partial charge in [0.25, 0.3) is 0 Å². The molecule has 2 rings (SSSR count). The Morgan fingerprint density at radius 1 is 1.44 bits per heavy atom. The van der Waals surface area contributed by atoms with E-state index in [0.29, 0.717) is 24.3 Å². The Morgan fingerprint density at radius 3 is 2.94 bits per heavy atom. The van der Waals surface area contributed by atoms with Crippen molar-refractivity contribution >= 4 is 18.3 Å². The van der Waals surface area contributed by atoms with Gasteiger partial charge < -0.3 is 15.0 Å². The number of rotatable bonds is 5. The maximum absolute atomic E-state index is 12.1. The molecule has 0 spiro atoms. The van der Waals surface area contributed by atoms with Crippen LogP contribution in [0.4, 0.5) is 0 Å². The molecule has 106 valence electrons. The third-order valence-corrected chi connectivity index (χ3v) is 3.93. The summed E-state index contributed by atoms with van der Waals surface area (Å²) in [7, 11) is 1.96. The summed E-state index contributed by atoms with van der Waals surface area (Å²) in [6.45, 7) is 3.61. The van der Waals surface area contributed by atoms with E-state index in [1.807, 2.05) is 7.05 Å². The predicted molar refractivity (Wildman–Crippen MR) is 74.1 cm³/mol. The molecule has 0 aliphatic carbocycles. The molecule has 0 aromatic carbocycles. The van der Waals surface area contributed by atoms with Gasteiger partial charge in [-0.05, 0) is 38.6 Å². The van der Waals surface area contributed by atoms with Crippen molar-refractivity contribution in [2.75, 3.05) is 33.4 Å². The second-order valence-electron chi connectivity index (χ2n) is 5.21. The average Bonchev–Trinajstić information content (AvgIpc) is 2.97. The molecule has 2 aliphatic heterocycles. The van der Waals surface area contributed by atoms with Gasteiger partial charge in [0, 0.05) is 38.8 Å². The van der Waals surface area contributed by atoms with Gasteiger partial charge in [0.1, 0.15) is 0 Å². The molecule has 2 fully saturated rings. The Kier molecular flexibility index (Phi) is 6.97. The van der Waals surface area contributed by atoms with Crippen LogP contribution in [0.3, 0.4) is 0 Å². The number of hydrogen-bond donors (Lipinski definition) is 1. The molecule has 5 heteroatoms. The largest absolute Gasteiger partial charge is 0.381 e. The lowest BCUT2D eigenvalue weighted by atomic mass is 10.0. The molecule has 0 aromatic heterocycles. The third kappa shape index (κ3) is 4.11. The number of amides is 1. The number of likely N-dealkylation sites (N-methyl/N-ethyl adjacent to an activating group) is 1. The number of carbonyl (C=O) groups is 1. The molecule has 1 N–H and O–H groups in total. The smallest absolute Gasteiger partial charge is 0.222 e. The van der Waals surface area contributed by atoms with Crippen LogP contribution < -0.4 is 5.32 Å². The number of likely N-dealkylation sites (tertiary alicyclic amines) is 1. The Hall–Kier alpha value is -0.320. The highest BCUT2D eigenvalue weighted by Crippen LogP contribution is 2.22. The molecule has 18 heavy (non-hydrogen) atoms. The van der Waals surface area contributed by atoms with Crippen LogP contribution in [0.25, 0.3) is 0 Å². The number of nitrogens with one attached hydrogen (secondary N) is 1. The first kappa shape index (κ1) is 15.7. The molecule has 2 unspecified atom stereocenters. The molecule has 0 bridgehead atoms. The SMILES string of the molecule is CNCC1CCCN1C(=O)CCC1CCOC1.Cl. The zero-order valence-corrected chi connectivity index (χ0v) is 12.0. The van der Waals surface area contributed by atoms with Gasteiger partial charge in [-0.2, -0.15) is 0 Å². The number of carbonyl (C=O) groups excluding carboxylic acids is 1. The average molecular weight is 277 g/mol. The van der Waals surface area contributed by atoms with Crippen LogP contribution in [0.5, 0.6) is 0 Å². The fourth-order valence-corrected chi connectivity index (χ4v) is 2.89. The van der Waals surface area contributed by atoms with Gasteiger partial charge in [-0.3, -0.25) is 4.79 Å². The van der Waals surface area contributed by atoms with E-state index in [1.165, 1.54) is 0 Å². The Bertz CT molecular complexity index is 257. The van der Waals surface area contributed by atoms with Crippen molar-refractivity contribution in [2.24, 2.45) is 5.92 Å². The molecular formula is C13H25ClN2O2. The summed E-state index contributed by atoms with van der Waals surface area (Å²) >= 11 is 0. The summed E-state index contributed by atoms with van der Waals surface area (Å²) in [5.41, 5.74) is 0. The first-order valence-corrected chi connectivity index (χ1v) is 6.83. The minimum atomic E-state index is 0. The zero-order valence-electron chi connectivity index (χ0n) is 11.2. The van der Waals surface area contributed by atoms with Crippen LogP contribution in [-0.4, -0.2) is 50.2 Å². The van der Waals surface area contributed by atoms with Gasteiger partial charge in [-0.1, -0.05) is 0 Å². The molecule has 2 aliphatic rings. The standard InChI is InChI=1S/C13H24N2O2.ClH/c1-14-9-12-3-2-7-15(12)13(16)5-4-11-6-8-17-10-11;/h11-12,14H,2-10H2,1H3;1H. The van der Waals surface area contributed by atoms with E-state index in [2.05, 4.69) is 10.2 Å². The van der Waals surface area contributed by atoms with Crippen LogP contribution >= 0.6 is 12.4 Å². The minimum absolute atomic E-state index is 0. The Labute approximate surface area is 116 Å². The number of hydrogen-bond acceptors (Lipinski definition) is 3. The lowest BCUT2D eigenvalue weighted by molar-refractivity contribution is -0.132. The summed E-state index contributed by atoms with van der Waals surface area (Å²) in [4.78, 5) is 14.2. The van der Waals surface area contributed by atoms with Crippen LogP contribution in [0.15, 0.2) is 0 Å². The molecule has 4 nitrogen and oxygen atoms in total. The van der Waals surface area contributed by atoms with E-state index >= 15 is 0 Å². The molecule has 2 heterocycles. The van der Waals surface area contributed by atoms with E-state index in [4.69, 9.17) is 4.74 Å². The van der Waals surface area contributed by atoms with Crippen LogP contribution in [0.1, 0.15) is 32.1 Å². The van der Waals surface area contributed by atoms with Crippen molar-refractivity contribution in [3.8, 4) is 0 Å². The topological polar surface area (TPSA) is 41.6 Å². The molecule has 0 saturated carbocycles. The van der Waals surface area contributed by atoms with Crippen LogP contribution in [-0.2, 0) is 9.53 Å². The van der Waals surface area contributed by atoms with Crippen molar-refractivity contribution in [2.45, 2.75) is 38.1 Å². The number of halogens is 1. The molecule has 1 amide bonds.